The quantitative estimate of drug-likeness (QED) is 0.605. The number of carbonyl (C=O) groups is 1. The van der Waals surface area contributed by atoms with Crippen molar-refractivity contribution in [3.8, 4) is 0 Å². The Morgan fingerprint density at radius 3 is 2.41 bits per heavy atom. The van der Waals surface area contributed by atoms with Crippen LogP contribution in [0.4, 0.5) is 17.3 Å². The molecule has 2 aromatic heterocycles. The number of benzene rings is 1. The fraction of sp³-hybridized carbons (Fsp3) is 0.312. The molecule has 3 rings (SSSR count). The first-order chi connectivity index (χ1) is 12.7. The molecule has 2 N–H and O–H groups in total. The Bertz CT molecular complexity index is 986. The third kappa shape index (κ3) is 4.95. The summed E-state index contributed by atoms with van der Waals surface area (Å²) in [5.74, 6) is 0.137. The highest BCUT2D eigenvalue weighted by molar-refractivity contribution is 6.42. The van der Waals surface area contributed by atoms with Gasteiger partial charge in [-0.25, -0.2) is 14.6 Å². The van der Waals surface area contributed by atoms with E-state index in [0.717, 1.165) is 0 Å². The maximum atomic E-state index is 12.0. The van der Waals surface area contributed by atoms with Gasteiger partial charge in [0.15, 0.2) is 11.6 Å². The van der Waals surface area contributed by atoms with Gasteiger partial charge in [0, 0.05) is 5.69 Å². The minimum Gasteiger partial charge on any atom is -0.459 e. The van der Waals surface area contributed by atoms with Crippen LogP contribution in [0.25, 0.3) is 11.3 Å². The number of nitrogens with zero attached hydrogens (tertiary/aromatic N) is 4. The number of carbonyl (C=O) groups excluding carboxylic acids is 1. The van der Waals surface area contributed by atoms with Gasteiger partial charge in [-0.2, -0.15) is 0 Å². The summed E-state index contributed by atoms with van der Waals surface area (Å²) in [6.07, 6.45) is 0. The van der Waals surface area contributed by atoms with Crippen LogP contribution < -0.4 is 10.6 Å². The normalized spacial score (nSPS) is 11.4. The number of aromatic nitrogens is 4. The van der Waals surface area contributed by atoms with Crippen molar-refractivity contribution in [2.45, 2.75) is 26.4 Å². The summed E-state index contributed by atoms with van der Waals surface area (Å²) in [6, 6.07) is 5.00. The summed E-state index contributed by atoms with van der Waals surface area (Å²) in [5, 5.41) is 14.1. The van der Waals surface area contributed by atoms with Gasteiger partial charge in [-0.3, -0.25) is 4.79 Å². The lowest BCUT2D eigenvalue weighted by atomic mass is 10.2. The van der Waals surface area contributed by atoms with Gasteiger partial charge >= 0.3 is 5.97 Å². The zero-order valence-electron chi connectivity index (χ0n) is 14.7. The predicted molar refractivity (Wildman–Crippen MR) is 101 cm³/mol. The monoisotopic (exact) mass is 410 g/mol. The van der Waals surface area contributed by atoms with Crippen LogP contribution in [-0.4, -0.2) is 38.4 Å². The standard InChI is InChI=1S/C16H16Cl2N6O3/c1-16(2,3)26-11(25)7-19-12-13(22-15-14(21-12)23-27-24-15)20-8-4-5-9(17)10(18)6-8/h4-6H,7H2,1-3H3,(H,19,21,23)(H,20,22,24). The van der Waals surface area contributed by atoms with Crippen molar-refractivity contribution in [3.63, 3.8) is 0 Å². The van der Waals surface area contributed by atoms with E-state index in [2.05, 4.69) is 35.5 Å². The molecule has 0 aliphatic carbocycles. The van der Waals surface area contributed by atoms with E-state index >= 15 is 0 Å². The molecule has 27 heavy (non-hydrogen) atoms. The average molecular weight is 411 g/mol. The third-order valence-electron chi connectivity index (χ3n) is 3.12. The number of anilines is 3. The van der Waals surface area contributed by atoms with E-state index in [-0.39, 0.29) is 23.7 Å². The van der Waals surface area contributed by atoms with Gasteiger partial charge < -0.3 is 15.4 Å². The van der Waals surface area contributed by atoms with E-state index in [1.807, 2.05) is 0 Å². The molecule has 142 valence electrons. The van der Waals surface area contributed by atoms with E-state index in [4.69, 9.17) is 27.9 Å². The van der Waals surface area contributed by atoms with Crippen molar-refractivity contribution >= 4 is 57.8 Å². The molecule has 0 atom stereocenters. The van der Waals surface area contributed by atoms with Crippen molar-refractivity contribution in [3.05, 3.63) is 28.2 Å². The molecule has 0 spiro atoms. The molecule has 0 aliphatic rings. The van der Waals surface area contributed by atoms with Crippen LogP contribution in [0, 0.1) is 0 Å². The summed E-state index contributed by atoms with van der Waals surface area (Å²) < 4.78 is 9.91. The van der Waals surface area contributed by atoms with Gasteiger partial charge in [0.05, 0.1) is 10.0 Å². The molecule has 2 heterocycles. The SMILES string of the molecule is CC(C)(C)OC(=O)CNc1nc2nonc2nc1Nc1ccc(Cl)c(Cl)c1. The molecule has 3 aromatic rings. The molecule has 0 radical (unpaired) electrons. The lowest BCUT2D eigenvalue weighted by Crippen LogP contribution is -2.28. The van der Waals surface area contributed by atoms with Crippen molar-refractivity contribution < 1.29 is 14.2 Å². The third-order valence-corrected chi connectivity index (χ3v) is 3.86. The largest absolute Gasteiger partial charge is 0.459 e. The molecule has 0 aliphatic heterocycles. The molecule has 0 saturated heterocycles. The smallest absolute Gasteiger partial charge is 0.325 e. The molecule has 0 bridgehead atoms. The summed E-state index contributed by atoms with van der Waals surface area (Å²) in [4.78, 5) is 20.5. The number of hydrogen-bond acceptors (Lipinski definition) is 9. The van der Waals surface area contributed by atoms with E-state index in [9.17, 15) is 4.79 Å². The molecule has 0 amide bonds. The minimum absolute atomic E-state index is 0.112. The zero-order valence-corrected chi connectivity index (χ0v) is 16.2. The van der Waals surface area contributed by atoms with Crippen LogP contribution in [0.15, 0.2) is 22.8 Å². The van der Waals surface area contributed by atoms with E-state index in [0.29, 0.717) is 21.6 Å². The Morgan fingerprint density at radius 2 is 1.78 bits per heavy atom. The summed E-state index contributed by atoms with van der Waals surface area (Å²) in [5.41, 5.74) is 0.433. The second kappa shape index (κ2) is 7.53. The van der Waals surface area contributed by atoms with Crippen molar-refractivity contribution in [2.24, 2.45) is 0 Å². The molecule has 9 nitrogen and oxygen atoms in total. The highest BCUT2D eigenvalue weighted by Gasteiger charge is 2.18. The lowest BCUT2D eigenvalue weighted by molar-refractivity contribution is -0.152. The van der Waals surface area contributed by atoms with E-state index in [1.165, 1.54) is 0 Å². The zero-order chi connectivity index (χ0) is 19.6. The maximum absolute atomic E-state index is 12.0. The Labute approximate surface area is 164 Å². The highest BCUT2D eigenvalue weighted by Crippen LogP contribution is 2.29. The van der Waals surface area contributed by atoms with Crippen molar-refractivity contribution in [1.82, 2.24) is 20.3 Å². The summed E-state index contributed by atoms with van der Waals surface area (Å²) in [7, 11) is 0. The molecule has 0 fully saturated rings. The van der Waals surface area contributed by atoms with E-state index < -0.39 is 11.6 Å². The van der Waals surface area contributed by atoms with Crippen LogP contribution in [0.5, 0.6) is 0 Å². The predicted octanol–water partition coefficient (Wildman–Crippen LogP) is 3.82. The number of esters is 1. The Balaban J connectivity index is 1.85. The van der Waals surface area contributed by atoms with Crippen LogP contribution in [-0.2, 0) is 9.53 Å². The molecule has 0 unspecified atom stereocenters. The highest BCUT2D eigenvalue weighted by atomic mass is 35.5. The molecule has 11 heteroatoms. The molecule has 1 aromatic carbocycles. The van der Waals surface area contributed by atoms with Gasteiger partial charge in [0.1, 0.15) is 12.1 Å². The Morgan fingerprint density at radius 1 is 1.11 bits per heavy atom. The average Bonchev–Trinajstić information content (AvgIpc) is 3.01. The molecule has 0 saturated carbocycles. The number of halogens is 2. The lowest BCUT2D eigenvalue weighted by Gasteiger charge is -2.20. The van der Waals surface area contributed by atoms with Crippen molar-refractivity contribution in [2.75, 3.05) is 17.2 Å². The number of hydrogen-bond donors (Lipinski definition) is 2. The van der Waals surface area contributed by atoms with Crippen LogP contribution in [0.1, 0.15) is 20.8 Å². The fourth-order valence-electron chi connectivity index (χ4n) is 2.09. The van der Waals surface area contributed by atoms with Crippen LogP contribution in [0.2, 0.25) is 10.0 Å². The Hall–Kier alpha value is -2.65. The van der Waals surface area contributed by atoms with E-state index in [1.54, 1.807) is 39.0 Å². The number of rotatable bonds is 5. The minimum atomic E-state index is -0.592. The van der Waals surface area contributed by atoms with Gasteiger partial charge in [-0.05, 0) is 49.3 Å². The summed E-state index contributed by atoms with van der Waals surface area (Å²) >= 11 is 12.0. The first kappa shape index (κ1) is 19.1. The number of ether oxygens (including phenoxy) is 1. The van der Waals surface area contributed by atoms with Gasteiger partial charge in [0.2, 0.25) is 11.3 Å². The molecular weight excluding hydrogens is 395 g/mol. The van der Waals surface area contributed by atoms with Gasteiger partial charge in [0.25, 0.3) is 0 Å². The van der Waals surface area contributed by atoms with Gasteiger partial charge in [-0.1, -0.05) is 23.2 Å². The topological polar surface area (TPSA) is 115 Å². The number of fused-ring (bicyclic) bond motifs is 1. The second-order valence-corrected chi connectivity index (χ2v) is 7.34. The summed E-state index contributed by atoms with van der Waals surface area (Å²) in [6.45, 7) is 5.25. The first-order valence-corrected chi connectivity index (χ1v) is 8.65. The van der Waals surface area contributed by atoms with Crippen LogP contribution >= 0.6 is 23.2 Å². The van der Waals surface area contributed by atoms with Gasteiger partial charge in [-0.15, -0.1) is 0 Å². The Kier molecular flexibility index (Phi) is 5.33. The fourth-order valence-corrected chi connectivity index (χ4v) is 2.39. The second-order valence-electron chi connectivity index (χ2n) is 6.53. The maximum Gasteiger partial charge on any atom is 0.325 e. The van der Waals surface area contributed by atoms with Crippen molar-refractivity contribution in [1.29, 1.82) is 0 Å². The van der Waals surface area contributed by atoms with Crippen LogP contribution in [0.3, 0.4) is 0 Å². The molecular formula is C16H16Cl2N6O3. The number of nitrogens with one attached hydrogen (secondary N) is 2. The first-order valence-electron chi connectivity index (χ1n) is 7.89.